The van der Waals surface area contributed by atoms with E-state index in [1.807, 2.05) is 11.0 Å². The molecule has 1 saturated heterocycles. The fourth-order valence-corrected chi connectivity index (χ4v) is 2.43. The van der Waals surface area contributed by atoms with E-state index in [1.54, 1.807) is 23.1 Å². The van der Waals surface area contributed by atoms with Gasteiger partial charge in [-0.2, -0.15) is 5.26 Å². The van der Waals surface area contributed by atoms with Crippen LogP contribution in [-0.4, -0.2) is 48.3 Å². The molecule has 1 N–H and O–H groups in total. The van der Waals surface area contributed by atoms with Gasteiger partial charge in [0.25, 0.3) is 5.91 Å². The largest absolute Gasteiger partial charge is 0.373 e. The monoisotopic (exact) mass is 352 g/mol. The van der Waals surface area contributed by atoms with Gasteiger partial charge in [0.05, 0.1) is 15.7 Å². The predicted molar refractivity (Wildman–Crippen MR) is 88.0 cm³/mol. The summed E-state index contributed by atoms with van der Waals surface area (Å²) < 4.78 is 0. The molecule has 23 heavy (non-hydrogen) atoms. The molecular formula is C15H14Cl2N4O2. The van der Waals surface area contributed by atoms with E-state index in [1.165, 1.54) is 6.20 Å². The molecule has 2 amide bonds. The molecule has 1 heterocycles. The summed E-state index contributed by atoms with van der Waals surface area (Å²) in [6.07, 6.45) is 2.29. The molecule has 0 unspecified atom stereocenters. The third kappa shape index (κ3) is 4.38. The predicted octanol–water partition coefficient (Wildman–Crippen LogP) is 2.11. The van der Waals surface area contributed by atoms with E-state index in [9.17, 15) is 14.9 Å². The van der Waals surface area contributed by atoms with Gasteiger partial charge in [0, 0.05) is 32.4 Å². The van der Waals surface area contributed by atoms with Gasteiger partial charge in [-0.15, -0.1) is 0 Å². The Hall–Kier alpha value is -2.23. The Balaban J connectivity index is 2.07. The van der Waals surface area contributed by atoms with Crippen LogP contribution in [0.5, 0.6) is 0 Å². The first-order chi connectivity index (χ1) is 11.0. The second-order valence-electron chi connectivity index (χ2n) is 4.89. The molecule has 0 atom stereocenters. The summed E-state index contributed by atoms with van der Waals surface area (Å²) in [5.74, 6) is -0.561. The summed E-state index contributed by atoms with van der Waals surface area (Å²) in [7, 11) is 0. The van der Waals surface area contributed by atoms with E-state index in [2.05, 4.69) is 5.32 Å². The van der Waals surface area contributed by atoms with Crippen molar-refractivity contribution in [2.75, 3.05) is 31.5 Å². The van der Waals surface area contributed by atoms with Crippen LogP contribution in [-0.2, 0) is 9.59 Å². The van der Waals surface area contributed by atoms with Crippen LogP contribution in [0.3, 0.4) is 0 Å². The lowest BCUT2D eigenvalue weighted by Gasteiger charge is -2.31. The van der Waals surface area contributed by atoms with Crippen LogP contribution in [0, 0.1) is 11.3 Å². The first-order valence-electron chi connectivity index (χ1n) is 6.86. The molecule has 0 aliphatic carbocycles. The second-order valence-corrected chi connectivity index (χ2v) is 5.67. The maximum absolute atomic E-state index is 12.2. The van der Waals surface area contributed by atoms with Crippen molar-refractivity contribution in [1.82, 2.24) is 9.80 Å². The third-order valence-corrected chi connectivity index (χ3v) is 4.19. The molecular weight excluding hydrogens is 339 g/mol. The number of carbonyl (C=O) groups excluding carboxylic acids is 2. The van der Waals surface area contributed by atoms with Crippen LogP contribution in [0.15, 0.2) is 30.0 Å². The molecule has 1 aliphatic rings. The van der Waals surface area contributed by atoms with Gasteiger partial charge in [-0.25, -0.2) is 0 Å². The van der Waals surface area contributed by atoms with Gasteiger partial charge in [-0.3, -0.25) is 9.59 Å². The number of anilines is 1. The Labute approximate surface area is 143 Å². The third-order valence-electron chi connectivity index (χ3n) is 3.37. The molecule has 2 rings (SSSR count). The minimum absolute atomic E-state index is 0.0411. The molecule has 1 aliphatic heterocycles. The molecule has 8 heteroatoms. The molecule has 0 radical (unpaired) electrons. The van der Waals surface area contributed by atoms with Gasteiger partial charge in [0.2, 0.25) is 6.41 Å². The van der Waals surface area contributed by atoms with Crippen LogP contribution < -0.4 is 5.32 Å². The zero-order valence-corrected chi connectivity index (χ0v) is 13.6. The first-order valence-corrected chi connectivity index (χ1v) is 7.61. The number of rotatable bonds is 4. The van der Waals surface area contributed by atoms with Crippen molar-refractivity contribution in [2.45, 2.75) is 0 Å². The molecule has 0 aromatic heterocycles. The summed E-state index contributed by atoms with van der Waals surface area (Å²) >= 11 is 11.9. The number of amides is 2. The number of nitrogens with zero attached hydrogens (tertiary/aromatic N) is 3. The molecule has 120 valence electrons. The van der Waals surface area contributed by atoms with Crippen molar-refractivity contribution in [3.05, 3.63) is 40.0 Å². The Morgan fingerprint density at radius 1 is 1.22 bits per heavy atom. The van der Waals surface area contributed by atoms with Crippen LogP contribution >= 0.6 is 23.2 Å². The molecule has 1 fully saturated rings. The minimum atomic E-state index is -0.561. The van der Waals surface area contributed by atoms with Gasteiger partial charge < -0.3 is 15.1 Å². The number of hydrogen-bond donors (Lipinski definition) is 1. The summed E-state index contributed by atoms with van der Waals surface area (Å²) in [6.45, 7) is 2.24. The molecule has 0 spiro atoms. The van der Waals surface area contributed by atoms with Gasteiger partial charge in [0.15, 0.2) is 0 Å². The SMILES string of the molecule is N#C/C(=C/N1CCN(C=O)CC1)C(=O)Nc1cccc(Cl)c1Cl. The highest BCUT2D eigenvalue weighted by atomic mass is 35.5. The van der Waals surface area contributed by atoms with Crippen molar-refractivity contribution in [3.8, 4) is 6.07 Å². The highest BCUT2D eigenvalue weighted by molar-refractivity contribution is 6.44. The van der Waals surface area contributed by atoms with E-state index in [0.29, 0.717) is 36.9 Å². The number of nitriles is 1. The topological polar surface area (TPSA) is 76.4 Å². The van der Waals surface area contributed by atoms with Crippen molar-refractivity contribution in [3.63, 3.8) is 0 Å². The van der Waals surface area contributed by atoms with Crippen LogP contribution in [0.25, 0.3) is 0 Å². The fraction of sp³-hybridized carbons (Fsp3) is 0.267. The van der Waals surface area contributed by atoms with Crippen molar-refractivity contribution in [1.29, 1.82) is 5.26 Å². The summed E-state index contributed by atoms with van der Waals surface area (Å²) in [6, 6.07) is 6.73. The summed E-state index contributed by atoms with van der Waals surface area (Å²) in [4.78, 5) is 26.3. The number of halogens is 2. The van der Waals surface area contributed by atoms with Crippen LogP contribution in [0.4, 0.5) is 5.69 Å². The average Bonchev–Trinajstić information content (AvgIpc) is 2.57. The molecule has 1 aromatic rings. The zero-order valence-electron chi connectivity index (χ0n) is 12.1. The van der Waals surface area contributed by atoms with E-state index in [0.717, 1.165) is 6.41 Å². The maximum atomic E-state index is 12.2. The Morgan fingerprint density at radius 3 is 2.48 bits per heavy atom. The second kappa shape index (κ2) is 7.86. The van der Waals surface area contributed by atoms with Crippen molar-refractivity contribution >= 4 is 41.2 Å². The van der Waals surface area contributed by atoms with E-state index < -0.39 is 5.91 Å². The standard InChI is InChI=1S/C15H14Cl2N4O2/c16-12-2-1-3-13(14(12)17)19-15(23)11(8-18)9-20-4-6-21(10-22)7-5-20/h1-3,9-10H,4-7H2,(H,19,23)/b11-9-. The van der Waals surface area contributed by atoms with Gasteiger partial charge >= 0.3 is 0 Å². The quantitative estimate of drug-likeness (QED) is 0.511. The number of benzene rings is 1. The minimum Gasteiger partial charge on any atom is -0.373 e. The molecule has 0 saturated carbocycles. The van der Waals surface area contributed by atoms with E-state index in [4.69, 9.17) is 23.2 Å². The smallest absolute Gasteiger partial charge is 0.267 e. The lowest BCUT2D eigenvalue weighted by atomic mass is 10.2. The Morgan fingerprint density at radius 2 is 1.87 bits per heavy atom. The van der Waals surface area contributed by atoms with Gasteiger partial charge in [0.1, 0.15) is 11.6 Å². The number of piperazine rings is 1. The molecule has 1 aromatic carbocycles. The Bertz CT molecular complexity index is 677. The van der Waals surface area contributed by atoms with Gasteiger partial charge in [-0.1, -0.05) is 29.3 Å². The number of nitrogens with one attached hydrogen (secondary N) is 1. The lowest BCUT2D eigenvalue weighted by molar-refractivity contribution is -0.119. The van der Waals surface area contributed by atoms with E-state index >= 15 is 0 Å². The normalized spacial score (nSPS) is 15.1. The highest BCUT2D eigenvalue weighted by Crippen LogP contribution is 2.29. The first kappa shape index (κ1) is 17.1. The zero-order chi connectivity index (χ0) is 16.8. The van der Waals surface area contributed by atoms with Crippen LogP contribution in [0.1, 0.15) is 0 Å². The van der Waals surface area contributed by atoms with Gasteiger partial charge in [-0.05, 0) is 12.1 Å². The molecule has 6 nitrogen and oxygen atoms in total. The maximum Gasteiger partial charge on any atom is 0.267 e. The summed E-state index contributed by atoms with van der Waals surface area (Å²) in [5, 5.41) is 12.3. The number of carbonyl (C=O) groups is 2. The van der Waals surface area contributed by atoms with E-state index in [-0.39, 0.29) is 10.6 Å². The fourth-order valence-electron chi connectivity index (χ4n) is 2.08. The molecule has 0 bridgehead atoms. The van der Waals surface area contributed by atoms with Crippen molar-refractivity contribution < 1.29 is 9.59 Å². The highest BCUT2D eigenvalue weighted by Gasteiger charge is 2.17. The number of hydrogen-bond acceptors (Lipinski definition) is 4. The lowest BCUT2D eigenvalue weighted by Crippen LogP contribution is -2.43. The van der Waals surface area contributed by atoms with Crippen molar-refractivity contribution in [2.24, 2.45) is 0 Å². The average molecular weight is 353 g/mol. The Kier molecular flexibility index (Phi) is 5.85. The summed E-state index contributed by atoms with van der Waals surface area (Å²) in [5.41, 5.74) is 0.302. The van der Waals surface area contributed by atoms with Crippen LogP contribution in [0.2, 0.25) is 10.0 Å².